The lowest BCUT2D eigenvalue weighted by Gasteiger charge is -2.37. The van der Waals surface area contributed by atoms with Gasteiger partial charge in [-0.1, -0.05) is 23.7 Å². The first-order valence-electron chi connectivity index (χ1n) is 7.45. The van der Waals surface area contributed by atoms with Gasteiger partial charge in [0, 0.05) is 41.8 Å². The Hall–Kier alpha value is -1.52. The number of aryl methyl sites for hydroxylation is 1. The molecule has 2 aromatic rings. The Morgan fingerprint density at radius 1 is 1.23 bits per heavy atom. The zero-order valence-electron chi connectivity index (χ0n) is 12.6. The van der Waals surface area contributed by atoms with Gasteiger partial charge in [-0.25, -0.2) is 0 Å². The number of hydrogen-bond acceptors (Lipinski definition) is 3. The Morgan fingerprint density at radius 2 is 2.00 bits per heavy atom. The molecule has 1 fully saturated rings. The summed E-state index contributed by atoms with van der Waals surface area (Å²) < 4.78 is 0. The molecule has 1 aromatic carbocycles. The van der Waals surface area contributed by atoms with Crippen molar-refractivity contribution in [2.45, 2.75) is 13.3 Å². The number of carbonyl (C=O) groups excluding carboxylic acids is 1. The van der Waals surface area contributed by atoms with E-state index < -0.39 is 0 Å². The van der Waals surface area contributed by atoms with Crippen molar-refractivity contribution in [3.63, 3.8) is 0 Å². The third kappa shape index (κ3) is 3.45. The van der Waals surface area contributed by atoms with Gasteiger partial charge < -0.3 is 9.80 Å². The molecule has 0 spiro atoms. The molecule has 0 unspecified atom stereocenters. The fourth-order valence-electron chi connectivity index (χ4n) is 2.79. The maximum absolute atomic E-state index is 12.3. The van der Waals surface area contributed by atoms with Crippen LogP contribution in [0.2, 0.25) is 5.02 Å². The number of amides is 1. The minimum atomic E-state index is 0.227. The summed E-state index contributed by atoms with van der Waals surface area (Å²) in [5.74, 6) is 0.227. The maximum atomic E-state index is 12.3. The van der Waals surface area contributed by atoms with Crippen molar-refractivity contribution in [2.75, 3.05) is 31.1 Å². The molecule has 22 heavy (non-hydrogen) atoms. The molecule has 1 aliphatic heterocycles. The fourth-order valence-corrected chi connectivity index (χ4v) is 3.66. The summed E-state index contributed by atoms with van der Waals surface area (Å²) in [6, 6.07) is 9.99. The molecule has 0 atom stereocenters. The second-order valence-electron chi connectivity index (χ2n) is 5.55. The highest BCUT2D eigenvalue weighted by molar-refractivity contribution is 7.10. The summed E-state index contributed by atoms with van der Waals surface area (Å²) in [7, 11) is 0. The monoisotopic (exact) mass is 334 g/mol. The van der Waals surface area contributed by atoms with Gasteiger partial charge in [0.1, 0.15) is 0 Å². The Labute approximate surface area is 140 Å². The molecule has 116 valence electrons. The van der Waals surface area contributed by atoms with Crippen LogP contribution in [0.15, 0.2) is 35.7 Å². The number of nitrogens with zero attached hydrogens (tertiary/aromatic N) is 2. The highest BCUT2D eigenvalue weighted by atomic mass is 35.5. The van der Waals surface area contributed by atoms with Gasteiger partial charge in [0.2, 0.25) is 5.91 Å². The predicted molar refractivity (Wildman–Crippen MR) is 93.0 cm³/mol. The minimum Gasteiger partial charge on any atom is -0.368 e. The standard InChI is InChI=1S/C17H19ClN2OS/c1-13-4-5-14(18)11-16(13)19-6-8-20(9-7-19)17(21)12-15-3-2-10-22-15/h2-5,10-11H,6-9,12H2,1H3. The van der Waals surface area contributed by atoms with E-state index in [-0.39, 0.29) is 5.91 Å². The number of benzene rings is 1. The van der Waals surface area contributed by atoms with Crippen molar-refractivity contribution in [1.82, 2.24) is 4.90 Å². The van der Waals surface area contributed by atoms with Crippen molar-refractivity contribution < 1.29 is 4.79 Å². The lowest BCUT2D eigenvalue weighted by molar-refractivity contribution is -0.130. The van der Waals surface area contributed by atoms with Crippen molar-refractivity contribution in [3.05, 3.63) is 51.2 Å². The number of hydrogen-bond donors (Lipinski definition) is 0. The minimum absolute atomic E-state index is 0.227. The van der Waals surface area contributed by atoms with Gasteiger partial charge in [-0.05, 0) is 36.1 Å². The van der Waals surface area contributed by atoms with E-state index in [9.17, 15) is 4.79 Å². The smallest absolute Gasteiger partial charge is 0.227 e. The molecule has 0 saturated carbocycles. The lowest BCUT2D eigenvalue weighted by atomic mass is 10.1. The quantitative estimate of drug-likeness (QED) is 0.856. The van der Waals surface area contributed by atoms with Gasteiger partial charge in [-0.15, -0.1) is 11.3 Å². The van der Waals surface area contributed by atoms with Crippen molar-refractivity contribution >= 4 is 34.5 Å². The number of rotatable bonds is 3. The number of carbonyl (C=O) groups is 1. The molecule has 1 aliphatic rings. The Balaban J connectivity index is 1.60. The van der Waals surface area contributed by atoms with Crippen LogP contribution in [0.5, 0.6) is 0 Å². The van der Waals surface area contributed by atoms with Gasteiger partial charge in [-0.3, -0.25) is 4.79 Å². The van der Waals surface area contributed by atoms with E-state index >= 15 is 0 Å². The summed E-state index contributed by atoms with van der Waals surface area (Å²) in [5, 5.41) is 2.78. The van der Waals surface area contributed by atoms with E-state index in [2.05, 4.69) is 11.8 Å². The molecule has 2 heterocycles. The van der Waals surface area contributed by atoms with Gasteiger partial charge >= 0.3 is 0 Å². The van der Waals surface area contributed by atoms with Crippen LogP contribution in [0.4, 0.5) is 5.69 Å². The summed E-state index contributed by atoms with van der Waals surface area (Å²) in [4.78, 5) is 17.7. The second-order valence-corrected chi connectivity index (χ2v) is 7.02. The first-order chi connectivity index (χ1) is 10.6. The normalized spacial score (nSPS) is 15.2. The zero-order chi connectivity index (χ0) is 15.5. The molecule has 3 nitrogen and oxygen atoms in total. The molecule has 3 rings (SSSR count). The number of anilines is 1. The van der Waals surface area contributed by atoms with Crippen LogP contribution < -0.4 is 4.90 Å². The summed E-state index contributed by atoms with van der Waals surface area (Å²) in [6.07, 6.45) is 0.522. The largest absolute Gasteiger partial charge is 0.368 e. The van der Waals surface area contributed by atoms with Crippen LogP contribution in [0.25, 0.3) is 0 Å². The Morgan fingerprint density at radius 3 is 2.68 bits per heavy atom. The van der Waals surface area contributed by atoms with Crippen LogP contribution in [0.1, 0.15) is 10.4 Å². The van der Waals surface area contributed by atoms with Crippen molar-refractivity contribution in [3.8, 4) is 0 Å². The number of thiophene rings is 1. The zero-order valence-corrected chi connectivity index (χ0v) is 14.2. The molecule has 1 aromatic heterocycles. The first kappa shape index (κ1) is 15.4. The van der Waals surface area contributed by atoms with Gasteiger partial charge in [0.15, 0.2) is 0 Å². The summed E-state index contributed by atoms with van der Waals surface area (Å²) in [5.41, 5.74) is 2.40. The van der Waals surface area contributed by atoms with Crippen LogP contribution in [0.3, 0.4) is 0 Å². The van der Waals surface area contributed by atoms with Crippen LogP contribution in [0, 0.1) is 6.92 Å². The number of piperazine rings is 1. The Kier molecular flexibility index (Phi) is 4.69. The SMILES string of the molecule is Cc1ccc(Cl)cc1N1CCN(C(=O)Cc2cccs2)CC1. The van der Waals surface area contributed by atoms with Gasteiger partial charge in [-0.2, -0.15) is 0 Å². The molecule has 0 radical (unpaired) electrons. The molecule has 5 heteroatoms. The van der Waals surface area contributed by atoms with Gasteiger partial charge in [0.25, 0.3) is 0 Å². The molecular weight excluding hydrogens is 316 g/mol. The topological polar surface area (TPSA) is 23.6 Å². The van der Waals surface area contributed by atoms with Crippen molar-refractivity contribution in [1.29, 1.82) is 0 Å². The Bertz CT molecular complexity index is 649. The van der Waals surface area contributed by atoms with Gasteiger partial charge in [0.05, 0.1) is 6.42 Å². The highest BCUT2D eigenvalue weighted by Crippen LogP contribution is 2.25. The van der Waals surface area contributed by atoms with E-state index in [1.807, 2.05) is 40.6 Å². The van der Waals surface area contributed by atoms with Crippen LogP contribution >= 0.6 is 22.9 Å². The summed E-state index contributed by atoms with van der Waals surface area (Å²) >= 11 is 7.75. The molecular formula is C17H19ClN2OS. The van der Waals surface area contributed by atoms with E-state index in [1.54, 1.807) is 11.3 Å². The average Bonchev–Trinajstić information content (AvgIpc) is 3.03. The molecule has 0 bridgehead atoms. The number of halogens is 1. The summed E-state index contributed by atoms with van der Waals surface area (Å²) in [6.45, 7) is 5.36. The van der Waals surface area contributed by atoms with Crippen LogP contribution in [-0.4, -0.2) is 37.0 Å². The fraction of sp³-hybridized carbons (Fsp3) is 0.353. The third-order valence-electron chi connectivity index (χ3n) is 4.05. The molecule has 1 amide bonds. The average molecular weight is 335 g/mol. The lowest BCUT2D eigenvalue weighted by Crippen LogP contribution is -2.49. The predicted octanol–water partition coefficient (Wildman–Crippen LogP) is 3.60. The van der Waals surface area contributed by atoms with E-state index in [0.29, 0.717) is 6.42 Å². The molecule has 1 saturated heterocycles. The molecule has 0 N–H and O–H groups in total. The second kappa shape index (κ2) is 6.71. The van der Waals surface area contributed by atoms with Crippen molar-refractivity contribution in [2.24, 2.45) is 0 Å². The van der Waals surface area contributed by atoms with Crippen LogP contribution in [-0.2, 0) is 11.2 Å². The van der Waals surface area contributed by atoms with E-state index in [4.69, 9.17) is 11.6 Å². The maximum Gasteiger partial charge on any atom is 0.227 e. The van der Waals surface area contributed by atoms with E-state index in [0.717, 1.165) is 36.1 Å². The highest BCUT2D eigenvalue weighted by Gasteiger charge is 2.22. The third-order valence-corrected chi connectivity index (χ3v) is 5.16. The van der Waals surface area contributed by atoms with E-state index in [1.165, 1.54) is 11.3 Å². The molecule has 0 aliphatic carbocycles. The first-order valence-corrected chi connectivity index (χ1v) is 8.70.